The number of ether oxygens (including phenoxy) is 2. The van der Waals surface area contributed by atoms with Gasteiger partial charge in [-0.25, -0.2) is 0 Å². The largest absolute Gasteiger partial charge is 0.490 e. The Bertz CT molecular complexity index is 868. The quantitative estimate of drug-likeness (QED) is 0.517. The van der Waals surface area contributed by atoms with E-state index in [0.29, 0.717) is 19.8 Å². The van der Waals surface area contributed by atoms with Gasteiger partial charge in [0.25, 0.3) is 0 Å². The molecule has 4 nitrogen and oxygen atoms in total. The second kappa shape index (κ2) is 10.6. The minimum Gasteiger partial charge on any atom is -0.490 e. The molecule has 0 radical (unpaired) electrons. The molecule has 0 bridgehead atoms. The van der Waals surface area contributed by atoms with E-state index in [1.165, 1.54) is 0 Å². The molecular weight excluding hydrogens is 362 g/mol. The number of rotatable bonds is 10. The van der Waals surface area contributed by atoms with Crippen molar-refractivity contribution in [3.63, 3.8) is 0 Å². The molecule has 0 aliphatic carbocycles. The molecule has 3 aromatic carbocycles. The van der Waals surface area contributed by atoms with Gasteiger partial charge in [-0.2, -0.15) is 0 Å². The van der Waals surface area contributed by atoms with Gasteiger partial charge < -0.3 is 19.9 Å². The van der Waals surface area contributed by atoms with Crippen LogP contribution in [0.4, 0.5) is 0 Å². The Hall–Kier alpha value is -2.82. The van der Waals surface area contributed by atoms with Crippen molar-refractivity contribution in [1.82, 2.24) is 5.32 Å². The molecule has 0 unspecified atom stereocenters. The van der Waals surface area contributed by atoms with Crippen LogP contribution >= 0.6 is 0 Å². The zero-order valence-electron chi connectivity index (χ0n) is 17.0. The van der Waals surface area contributed by atoms with Gasteiger partial charge in [-0.15, -0.1) is 0 Å². The van der Waals surface area contributed by atoms with E-state index >= 15 is 0 Å². The predicted octanol–water partition coefficient (Wildman–Crippen LogP) is 4.88. The molecule has 3 rings (SSSR count). The maximum atomic E-state index is 10.6. The van der Waals surface area contributed by atoms with Crippen LogP contribution in [-0.4, -0.2) is 17.8 Å². The zero-order valence-corrected chi connectivity index (χ0v) is 17.0. The van der Waals surface area contributed by atoms with Gasteiger partial charge in [0.1, 0.15) is 6.61 Å². The average molecular weight is 392 g/mol. The molecule has 0 amide bonds. The number of hydrogen-bond acceptors (Lipinski definition) is 4. The van der Waals surface area contributed by atoms with Gasteiger partial charge in [0, 0.05) is 18.2 Å². The third-order valence-corrected chi connectivity index (χ3v) is 4.82. The molecule has 152 valence electrons. The Balaban J connectivity index is 1.71. The molecular formula is C25H29NO3. The van der Waals surface area contributed by atoms with Gasteiger partial charge in [-0.1, -0.05) is 72.8 Å². The highest BCUT2D eigenvalue weighted by molar-refractivity contribution is 5.47. The molecule has 2 N–H and O–H groups in total. The number of nitrogens with one attached hydrogen (secondary N) is 1. The molecule has 3 aromatic rings. The van der Waals surface area contributed by atoms with E-state index < -0.39 is 6.10 Å². The number of aliphatic hydroxyl groups is 1. The fourth-order valence-corrected chi connectivity index (χ4v) is 3.18. The molecule has 4 heteroatoms. The summed E-state index contributed by atoms with van der Waals surface area (Å²) in [6, 6.07) is 25.6. The van der Waals surface area contributed by atoms with Crippen molar-refractivity contribution >= 4 is 0 Å². The normalized spacial score (nSPS) is 12.9. The van der Waals surface area contributed by atoms with Gasteiger partial charge in [-0.05, 0) is 31.0 Å². The number of para-hydroxylation sites is 1. The number of aliphatic hydroxyl groups excluding tert-OH is 1. The van der Waals surface area contributed by atoms with E-state index in [-0.39, 0.29) is 6.04 Å². The van der Waals surface area contributed by atoms with Crippen molar-refractivity contribution < 1.29 is 14.6 Å². The summed E-state index contributed by atoms with van der Waals surface area (Å²) in [5.41, 5.74) is 3.00. The van der Waals surface area contributed by atoms with Crippen LogP contribution in [0.25, 0.3) is 0 Å². The molecule has 0 heterocycles. The fourth-order valence-electron chi connectivity index (χ4n) is 3.18. The Morgan fingerprint density at radius 3 is 2.24 bits per heavy atom. The first kappa shape index (κ1) is 20.9. The van der Waals surface area contributed by atoms with E-state index in [1.54, 1.807) is 0 Å². The maximum absolute atomic E-state index is 10.6. The standard InChI is InChI=1S/C25H29NO3/c1-3-28-23-16-10-15-22(25(23)29-18-20-11-6-4-7-12-20)17-26-19(2)24(27)21-13-8-5-9-14-21/h4-16,19,24,26-27H,3,17-18H2,1-2H3/t19-,24+/m1/s1. The van der Waals surface area contributed by atoms with Crippen LogP contribution in [0, 0.1) is 0 Å². The monoisotopic (exact) mass is 391 g/mol. The maximum Gasteiger partial charge on any atom is 0.166 e. The summed E-state index contributed by atoms with van der Waals surface area (Å²) in [6.07, 6.45) is -0.583. The summed E-state index contributed by atoms with van der Waals surface area (Å²) < 4.78 is 11.9. The minimum absolute atomic E-state index is 0.116. The van der Waals surface area contributed by atoms with Crippen LogP contribution in [0.2, 0.25) is 0 Å². The number of hydrogen-bond donors (Lipinski definition) is 2. The van der Waals surface area contributed by atoms with Gasteiger partial charge in [0.15, 0.2) is 11.5 Å². The van der Waals surface area contributed by atoms with Crippen LogP contribution in [0.1, 0.15) is 36.6 Å². The van der Waals surface area contributed by atoms with Crippen LogP contribution in [0.15, 0.2) is 78.9 Å². The van der Waals surface area contributed by atoms with Crippen molar-refractivity contribution in [1.29, 1.82) is 0 Å². The molecule has 0 fully saturated rings. The summed E-state index contributed by atoms with van der Waals surface area (Å²) in [7, 11) is 0. The first-order valence-electron chi connectivity index (χ1n) is 10.1. The summed E-state index contributed by atoms with van der Waals surface area (Å²) in [4.78, 5) is 0. The highest BCUT2D eigenvalue weighted by Gasteiger charge is 2.17. The third-order valence-electron chi connectivity index (χ3n) is 4.82. The molecule has 0 aliphatic rings. The van der Waals surface area contributed by atoms with Crippen LogP contribution < -0.4 is 14.8 Å². The third kappa shape index (κ3) is 5.83. The smallest absolute Gasteiger partial charge is 0.166 e. The molecule has 0 saturated carbocycles. The Morgan fingerprint density at radius 1 is 0.862 bits per heavy atom. The van der Waals surface area contributed by atoms with E-state index in [2.05, 4.69) is 5.32 Å². The van der Waals surface area contributed by atoms with Crippen molar-refractivity contribution in [3.05, 3.63) is 95.6 Å². The summed E-state index contributed by atoms with van der Waals surface area (Å²) in [6.45, 7) is 5.55. The topological polar surface area (TPSA) is 50.7 Å². The molecule has 0 aliphatic heterocycles. The van der Waals surface area contributed by atoms with E-state index in [4.69, 9.17) is 9.47 Å². The first-order valence-corrected chi connectivity index (χ1v) is 10.1. The lowest BCUT2D eigenvalue weighted by atomic mass is 10.0. The average Bonchev–Trinajstić information content (AvgIpc) is 2.77. The highest BCUT2D eigenvalue weighted by atomic mass is 16.5. The van der Waals surface area contributed by atoms with E-state index in [0.717, 1.165) is 28.2 Å². The Kier molecular flexibility index (Phi) is 7.68. The van der Waals surface area contributed by atoms with Crippen molar-refractivity contribution in [3.8, 4) is 11.5 Å². The summed E-state index contributed by atoms with van der Waals surface area (Å²) in [5, 5.41) is 14.0. The van der Waals surface area contributed by atoms with Crippen LogP contribution in [0.5, 0.6) is 11.5 Å². The zero-order chi connectivity index (χ0) is 20.5. The molecule has 29 heavy (non-hydrogen) atoms. The molecule has 0 saturated heterocycles. The molecule has 0 aromatic heterocycles. The lowest BCUT2D eigenvalue weighted by Crippen LogP contribution is -2.31. The highest BCUT2D eigenvalue weighted by Crippen LogP contribution is 2.32. The first-order chi connectivity index (χ1) is 14.2. The second-order valence-electron chi connectivity index (χ2n) is 6.98. The van der Waals surface area contributed by atoms with Gasteiger partial charge >= 0.3 is 0 Å². The number of benzene rings is 3. The van der Waals surface area contributed by atoms with Crippen molar-refractivity contribution in [2.75, 3.05) is 6.61 Å². The van der Waals surface area contributed by atoms with E-state index in [9.17, 15) is 5.11 Å². The second-order valence-corrected chi connectivity index (χ2v) is 6.98. The fraction of sp³-hybridized carbons (Fsp3) is 0.280. The lowest BCUT2D eigenvalue weighted by molar-refractivity contribution is 0.135. The van der Waals surface area contributed by atoms with Crippen molar-refractivity contribution in [2.24, 2.45) is 0 Å². The van der Waals surface area contributed by atoms with Crippen molar-refractivity contribution in [2.45, 2.75) is 39.1 Å². The van der Waals surface area contributed by atoms with Gasteiger partial charge in [-0.3, -0.25) is 0 Å². The Labute approximate surface area is 173 Å². The van der Waals surface area contributed by atoms with Gasteiger partial charge in [0.05, 0.1) is 12.7 Å². The summed E-state index contributed by atoms with van der Waals surface area (Å²) in [5.74, 6) is 1.48. The van der Waals surface area contributed by atoms with Gasteiger partial charge in [0.2, 0.25) is 0 Å². The van der Waals surface area contributed by atoms with Crippen LogP contribution in [0.3, 0.4) is 0 Å². The van der Waals surface area contributed by atoms with Crippen LogP contribution in [-0.2, 0) is 13.2 Å². The summed E-state index contributed by atoms with van der Waals surface area (Å²) >= 11 is 0. The van der Waals surface area contributed by atoms with E-state index in [1.807, 2.05) is 92.7 Å². The lowest BCUT2D eigenvalue weighted by Gasteiger charge is -2.22. The Morgan fingerprint density at radius 2 is 1.55 bits per heavy atom. The molecule has 0 spiro atoms. The SMILES string of the molecule is CCOc1cccc(CN[C@H](C)[C@H](O)c2ccccc2)c1OCc1ccccc1. The molecule has 2 atom stereocenters. The minimum atomic E-state index is -0.583. The predicted molar refractivity (Wildman–Crippen MR) is 116 cm³/mol.